The Kier molecular flexibility index (Phi) is 5.08. The first kappa shape index (κ1) is 15.5. The molecule has 1 aromatic rings. The molecular weight excluding hydrogens is 260 g/mol. The van der Waals surface area contributed by atoms with E-state index in [1.54, 1.807) is 18.2 Å². The van der Waals surface area contributed by atoms with Gasteiger partial charge in [0.05, 0.1) is 7.11 Å². The van der Waals surface area contributed by atoms with Gasteiger partial charge in [-0.15, -0.1) is 0 Å². The van der Waals surface area contributed by atoms with E-state index in [0.717, 1.165) is 0 Å². The molecule has 0 saturated carbocycles. The monoisotopic (exact) mass is 276 g/mol. The van der Waals surface area contributed by atoms with Gasteiger partial charge >= 0.3 is 11.9 Å². The highest BCUT2D eigenvalue weighted by atomic mass is 16.5. The summed E-state index contributed by atoms with van der Waals surface area (Å²) in [6.07, 6.45) is 3.01. The van der Waals surface area contributed by atoms with E-state index in [1.165, 1.54) is 33.1 Å². The van der Waals surface area contributed by atoms with E-state index in [-0.39, 0.29) is 11.1 Å². The van der Waals surface area contributed by atoms with Gasteiger partial charge < -0.3 is 14.9 Å². The molecule has 0 heterocycles. The topological polar surface area (TPSA) is 83.8 Å². The molecule has 0 aliphatic carbocycles. The molecule has 1 aromatic carbocycles. The van der Waals surface area contributed by atoms with Gasteiger partial charge in [0.1, 0.15) is 5.75 Å². The van der Waals surface area contributed by atoms with E-state index in [1.807, 2.05) is 0 Å². The molecule has 0 unspecified atom stereocenters. The van der Waals surface area contributed by atoms with E-state index < -0.39 is 11.9 Å². The highest BCUT2D eigenvalue weighted by molar-refractivity contribution is 5.93. The fourth-order valence-corrected chi connectivity index (χ4v) is 1.54. The third-order valence-corrected chi connectivity index (χ3v) is 2.69. The van der Waals surface area contributed by atoms with E-state index in [2.05, 4.69) is 0 Å². The van der Waals surface area contributed by atoms with Gasteiger partial charge in [0.2, 0.25) is 0 Å². The second kappa shape index (κ2) is 6.56. The Hall–Kier alpha value is -2.56. The Bertz CT molecular complexity index is 596. The highest BCUT2D eigenvalue weighted by Gasteiger charge is 2.06. The van der Waals surface area contributed by atoms with Gasteiger partial charge in [-0.2, -0.15) is 0 Å². The van der Waals surface area contributed by atoms with Crippen molar-refractivity contribution in [1.29, 1.82) is 0 Å². The zero-order valence-electron chi connectivity index (χ0n) is 11.5. The van der Waals surface area contributed by atoms with Crippen molar-refractivity contribution in [1.82, 2.24) is 0 Å². The lowest BCUT2D eigenvalue weighted by Gasteiger charge is -2.07. The minimum Gasteiger partial charge on any atom is -0.496 e. The molecule has 0 aliphatic rings. The lowest BCUT2D eigenvalue weighted by molar-refractivity contribution is -0.133. The Labute approximate surface area is 116 Å². The molecule has 20 heavy (non-hydrogen) atoms. The molecule has 0 amide bonds. The molecule has 106 valence electrons. The Morgan fingerprint density at radius 3 is 2.10 bits per heavy atom. The van der Waals surface area contributed by atoms with Crippen molar-refractivity contribution in [2.75, 3.05) is 7.11 Å². The van der Waals surface area contributed by atoms with Crippen molar-refractivity contribution in [3.63, 3.8) is 0 Å². The molecule has 0 bridgehead atoms. The molecule has 5 nitrogen and oxygen atoms in total. The van der Waals surface area contributed by atoms with Crippen LogP contribution >= 0.6 is 0 Å². The van der Waals surface area contributed by atoms with Crippen LogP contribution in [0.4, 0.5) is 0 Å². The van der Waals surface area contributed by atoms with Gasteiger partial charge in [0.25, 0.3) is 0 Å². The van der Waals surface area contributed by atoms with Crippen LogP contribution in [0.5, 0.6) is 5.75 Å². The molecule has 0 radical (unpaired) electrons. The fraction of sp³-hybridized carbons (Fsp3) is 0.200. The summed E-state index contributed by atoms with van der Waals surface area (Å²) in [5.41, 5.74) is 1.69. The second-order valence-corrected chi connectivity index (χ2v) is 4.27. The lowest BCUT2D eigenvalue weighted by atomic mass is 10.1. The summed E-state index contributed by atoms with van der Waals surface area (Å²) in [7, 11) is 1.47. The first-order chi connectivity index (χ1) is 9.35. The first-order valence-corrected chi connectivity index (χ1v) is 5.86. The molecule has 0 saturated heterocycles. The van der Waals surface area contributed by atoms with Gasteiger partial charge in [0, 0.05) is 16.7 Å². The predicted molar refractivity (Wildman–Crippen MR) is 75.6 cm³/mol. The van der Waals surface area contributed by atoms with Gasteiger partial charge in [0.15, 0.2) is 0 Å². The van der Waals surface area contributed by atoms with Crippen molar-refractivity contribution in [3.05, 3.63) is 40.5 Å². The van der Waals surface area contributed by atoms with Gasteiger partial charge in [-0.1, -0.05) is 12.1 Å². The van der Waals surface area contributed by atoms with Gasteiger partial charge in [-0.3, -0.25) is 0 Å². The number of carboxylic acid groups (broad SMARTS) is 2. The molecule has 0 aromatic heterocycles. The molecule has 0 aliphatic heterocycles. The summed E-state index contributed by atoms with van der Waals surface area (Å²) in [5, 5.41) is 17.7. The van der Waals surface area contributed by atoms with Crippen LogP contribution in [-0.2, 0) is 9.59 Å². The van der Waals surface area contributed by atoms with Crippen LogP contribution in [0.3, 0.4) is 0 Å². The summed E-state index contributed by atoms with van der Waals surface area (Å²) in [6, 6.07) is 5.05. The zero-order chi connectivity index (χ0) is 15.3. The maximum atomic E-state index is 10.8. The van der Waals surface area contributed by atoms with Crippen molar-refractivity contribution in [2.24, 2.45) is 0 Å². The Balaban J connectivity index is 3.21. The Morgan fingerprint density at radius 1 is 1.05 bits per heavy atom. The maximum absolute atomic E-state index is 10.8. The zero-order valence-corrected chi connectivity index (χ0v) is 11.5. The van der Waals surface area contributed by atoms with Crippen molar-refractivity contribution in [3.8, 4) is 5.75 Å². The van der Waals surface area contributed by atoms with Crippen LogP contribution in [0.2, 0.25) is 0 Å². The molecule has 5 heteroatoms. The fourth-order valence-electron chi connectivity index (χ4n) is 1.54. The highest BCUT2D eigenvalue weighted by Crippen LogP contribution is 2.24. The van der Waals surface area contributed by atoms with Crippen LogP contribution in [-0.4, -0.2) is 29.3 Å². The summed E-state index contributed by atoms with van der Waals surface area (Å²) in [4.78, 5) is 21.6. The normalized spacial score (nSPS) is 12.2. The summed E-state index contributed by atoms with van der Waals surface area (Å²) in [5.74, 6) is -1.51. The number of hydrogen-bond donors (Lipinski definition) is 2. The first-order valence-electron chi connectivity index (χ1n) is 5.86. The number of methoxy groups -OCH3 is 1. The molecule has 2 N–H and O–H groups in total. The predicted octanol–water partition coefficient (Wildman–Crippen LogP) is 2.67. The average Bonchev–Trinajstić information content (AvgIpc) is 2.39. The summed E-state index contributed by atoms with van der Waals surface area (Å²) < 4.78 is 5.19. The number of benzene rings is 1. The Morgan fingerprint density at radius 2 is 1.60 bits per heavy atom. The van der Waals surface area contributed by atoms with Crippen LogP contribution in [0, 0.1) is 0 Å². The number of aliphatic carboxylic acids is 2. The van der Waals surface area contributed by atoms with Crippen LogP contribution in [0.1, 0.15) is 25.0 Å². The molecule has 0 fully saturated rings. The number of carboxylic acids is 2. The van der Waals surface area contributed by atoms with E-state index in [9.17, 15) is 9.59 Å². The SMILES string of the molecule is COc1cc(C=C(C)C(=O)O)ccc1C=C(C)C(=O)O. The van der Waals surface area contributed by atoms with Crippen molar-refractivity contribution >= 4 is 24.1 Å². The van der Waals surface area contributed by atoms with E-state index in [0.29, 0.717) is 16.9 Å². The second-order valence-electron chi connectivity index (χ2n) is 4.27. The minimum absolute atomic E-state index is 0.188. The number of ether oxygens (including phenoxy) is 1. The minimum atomic E-state index is -1.00. The summed E-state index contributed by atoms with van der Waals surface area (Å²) >= 11 is 0. The van der Waals surface area contributed by atoms with Gasteiger partial charge in [-0.05, 0) is 37.6 Å². The standard InChI is InChI=1S/C15H16O5/c1-9(14(16)17)6-11-4-5-12(13(8-11)20-3)7-10(2)15(18)19/h4-8H,1-3H3,(H,16,17)(H,18,19). The van der Waals surface area contributed by atoms with Crippen molar-refractivity contribution < 1.29 is 24.5 Å². The third-order valence-electron chi connectivity index (χ3n) is 2.69. The average molecular weight is 276 g/mol. The molecule has 1 rings (SSSR count). The number of rotatable bonds is 5. The molecule has 0 spiro atoms. The largest absolute Gasteiger partial charge is 0.496 e. The maximum Gasteiger partial charge on any atom is 0.331 e. The molecule has 0 atom stereocenters. The van der Waals surface area contributed by atoms with E-state index in [4.69, 9.17) is 14.9 Å². The van der Waals surface area contributed by atoms with E-state index >= 15 is 0 Å². The quantitative estimate of drug-likeness (QED) is 0.808. The third kappa shape index (κ3) is 3.98. The number of hydrogen-bond acceptors (Lipinski definition) is 3. The lowest BCUT2D eigenvalue weighted by Crippen LogP contribution is -1.97. The van der Waals surface area contributed by atoms with Gasteiger partial charge in [-0.25, -0.2) is 9.59 Å². The summed E-state index contributed by atoms with van der Waals surface area (Å²) in [6.45, 7) is 2.99. The van der Waals surface area contributed by atoms with Crippen LogP contribution in [0.15, 0.2) is 29.3 Å². The smallest absolute Gasteiger partial charge is 0.331 e. The van der Waals surface area contributed by atoms with Crippen LogP contribution in [0.25, 0.3) is 12.2 Å². The van der Waals surface area contributed by atoms with Crippen LogP contribution < -0.4 is 4.74 Å². The van der Waals surface area contributed by atoms with Crippen molar-refractivity contribution in [2.45, 2.75) is 13.8 Å². The number of carbonyl (C=O) groups is 2. The molecular formula is C15H16O5.